The van der Waals surface area contributed by atoms with Gasteiger partial charge >= 0.3 is 11.7 Å². The van der Waals surface area contributed by atoms with Gasteiger partial charge in [-0.05, 0) is 51.8 Å². The van der Waals surface area contributed by atoms with Crippen molar-refractivity contribution < 1.29 is 9.53 Å². The second kappa shape index (κ2) is 7.70. The SMILES string of the molecule is COC(=O)C(N)Cc1ccc(-n2c(=O)c(C)c(C)n(C(C)C)c2=O)cc1. The van der Waals surface area contributed by atoms with Crippen LogP contribution in [0.2, 0.25) is 0 Å². The third kappa shape index (κ3) is 3.62. The molecular formula is C19H25N3O4. The van der Waals surface area contributed by atoms with Crippen molar-refractivity contribution in [3.05, 3.63) is 61.9 Å². The topological polar surface area (TPSA) is 96.3 Å². The number of ether oxygens (including phenoxy) is 1. The number of aromatic nitrogens is 2. The van der Waals surface area contributed by atoms with Crippen molar-refractivity contribution in [3.63, 3.8) is 0 Å². The van der Waals surface area contributed by atoms with Gasteiger partial charge in [0.15, 0.2) is 0 Å². The number of rotatable bonds is 5. The maximum absolute atomic E-state index is 12.8. The van der Waals surface area contributed by atoms with Crippen LogP contribution in [0.5, 0.6) is 0 Å². The molecule has 2 N–H and O–H groups in total. The molecule has 7 nitrogen and oxygen atoms in total. The Bertz CT molecular complexity index is 924. The Labute approximate surface area is 152 Å². The van der Waals surface area contributed by atoms with E-state index < -0.39 is 12.0 Å². The molecule has 0 amide bonds. The molecule has 0 saturated heterocycles. The highest BCUT2D eigenvalue weighted by atomic mass is 16.5. The van der Waals surface area contributed by atoms with Crippen molar-refractivity contribution in [2.75, 3.05) is 7.11 Å². The maximum Gasteiger partial charge on any atom is 0.336 e. The van der Waals surface area contributed by atoms with E-state index in [9.17, 15) is 14.4 Å². The molecule has 1 atom stereocenters. The molecule has 0 bridgehead atoms. The second-order valence-corrected chi connectivity index (χ2v) is 6.60. The molecule has 1 heterocycles. The van der Waals surface area contributed by atoms with Crippen molar-refractivity contribution in [1.82, 2.24) is 9.13 Å². The van der Waals surface area contributed by atoms with Crippen molar-refractivity contribution in [2.45, 2.75) is 46.2 Å². The summed E-state index contributed by atoms with van der Waals surface area (Å²) in [6.07, 6.45) is 0.311. The predicted octanol–water partition coefficient (Wildman–Crippen LogP) is 1.24. The zero-order valence-corrected chi connectivity index (χ0v) is 15.8. The average Bonchev–Trinajstić information content (AvgIpc) is 2.60. The fourth-order valence-corrected chi connectivity index (χ4v) is 2.95. The van der Waals surface area contributed by atoms with Crippen LogP contribution in [0, 0.1) is 13.8 Å². The first kappa shape index (κ1) is 19.7. The second-order valence-electron chi connectivity index (χ2n) is 6.60. The maximum atomic E-state index is 12.8. The Morgan fingerprint density at radius 3 is 2.23 bits per heavy atom. The summed E-state index contributed by atoms with van der Waals surface area (Å²) in [7, 11) is 1.29. The molecule has 0 radical (unpaired) electrons. The van der Waals surface area contributed by atoms with E-state index >= 15 is 0 Å². The van der Waals surface area contributed by atoms with Crippen molar-refractivity contribution >= 4 is 5.97 Å². The highest BCUT2D eigenvalue weighted by Crippen LogP contribution is 2.12. The van der Waals surface area contributed by atoms with Gasteiger partial charge in [0.25, 0.3) is 5.56 Å². The molecular weight excluding hydrogens is 334 g/mol. The highest BCUT2D eigenvalue weighted by molar-refractivity contribution is 5.75. The van der Waals surface area contributed by atoms with E-state index in [1.807, 2.05) is 13.8 Å². The molecule has 140 valence electrons. The van der Waals surface area contributed by atoms with E-state index in [1.54, 1.807) is 42.7 Å². The van der Waals surface area contributed by atoms with Gasteiger partial charge in [0.2, 0.25) is 0 Å². The summed E-state index contributed by atoms with van der Waals surface area (Å²) in [5.74, 6) is -0.487. The van der Waals surface area contributed by atoms with Crippen LogP contribution >= 0.6 is 0 Å². The quantitative estimate of drug-likeness (QED) is 0.810. The largest absolute Gasteiger partial charge is 0.468 e. The standard InChI is InChI=1S/C19H25N3O4/c1-11(2)21-13(4)12(3)17(23)22(19(21)25)15-8-6-14(7-9-15)10-16(20)18(24)26-5/h6-9,11,16H,10,20H2,1-5H3. The van der Waals surface area contributed by atoms with Crippen LogP contribution < -0.4 is 17.0 Å². The number of hydrogen-bond donors (Lipinski definition) is 1. The van der Waals surface area contributed by atoms with Gasteiger partial charge in [-0.15, -0.1) is 0 Å². The number of carbonyl (C=O) groups is 1. The van der Waals surface area contributed by atoms with E-state index in [4.69, 9.17) is 5.73 Å². The smallest absolute Gasteiger partial charge is 0.336 e. The van der Waals surface area contributed by atoms with E-state index in [2.05, 4.69) is 4.74 Å². The lowest BCUT2D eigenvalue weighted by atomic mass is 10.1. The molecule has 7 heteroatoms. The summed E-state index contributed by atoms with van der Waals surface area (Å²) < 4.78 is 7.40. The molecule has 0 aliphatic carbocycles. The van der Waals surface area contributed by atoms with Gasteiger partial charge in [0, 0.05) is 17.3 Å². The minimum Gasteiger partial charge on any atom is -0.468 e. The average molecular weight is 359 g/mol. The van der Waals surface area contributed by atoms with Crippen LogP contribution in [-0.4, -0.2) is 28.3 Å². The zero-order chi connectivity index (χ0) is 19.6. The number of esters is 1. The lowest BCUT2D eigenvalue weighted by Gasteiger charge is -2.18. The molecule has 0 aliphatic heterocycles. The van der Waals surface area contributed by atoms with Gasteiger partial charge in [-0.3, -0.25) is 14.2 Å². The Hall–Kier alpha value is -2.67. The molecule has 26 heavy (non-hydrogen) atoms. The molecule has 1 aromatic heterocycles. The normalized spacial score (nSPS) is 12.3. The Balaban J connectivity index is 2.49. The Morgan fingerprint density at radius 2 is 1.73 bits per heavy atom. The monoisotopic (exact) mass is 359 g/mol. The van der Waals surface area contributed by atoms with Gasteiger partial charge < -0.3 is 10.5 Å². The number of methoxy groups -OCH3 is 1. The molecule has 2 rings (SSSR count). The predicted molar refractivity (Wildman–Crippen MR) is 99.9 cm³/mol. The first-order valence-corrected chi connectivity index (χ1v) is 8.46. The first-order valence-electron chi connectivity index (χ1n) is 8.46. The van der Waals surface area contributed by atoms with Crippen LogP contribution in [0.1, 0.15) is 36.7 Å². The van der Waals surface area contributed by atoms with E-state index in [1.165, 1.54) is 11.7 Å². The van der Waals surface area contributed by atoms with Crippen LogP contribution in [0.3, 0.4) is 0 Å². The molecule has 0 saturated carbocycles. The highest BCUT2D eigenvalue weighted by Gasteiger charge is 2.17. The summed E-state index contributed by atoms with van der Waals surface area (Å²) in [5, 5.41) is 0. The van der Waals surface area contributed by atoms with E-state index in [-0.39, 0.29) is 17.3 Å². The minimum absolute atomic E-state index is 0.0645. The van der Waals surface area contributed by atoms with Gasteiger partial charge in [0.1, 0.15) is 6.04 Å². The summed E-state index contributed by atoms with van der Waals surface area (Å²) >= 11 is 0. The molecule has 0 spiro atoms. The molecule has 0 fully saturated rings. The number of carbonyl (C=O) groups excluding carboxylic acids is 1. The minimum atomic E-state index is -0.756. The van der Waals surface area contributed by atoms with Gasteiger partial charge in [0.05, 0.1) is 12.8 Å². The van der Waals surface area contributed by atoms with Crippen molar-refractivity contribution in [2.24, 2.45) is 5.73 Å². The van der Waals surface area contributed by atoms with Crippen molar-refractivity contribution in [1.29, 1.82) is 0 Å². The summed E-state index contributed by atoms with van der Waals surface area (Å²) in [5.41, 5.74) is 7.57. The third-order valence-electron chi connectivity index (χ3n) is 4.50. The summed E-state index contributed by atoms with van der Waals surface area (Å²) in [6.45, 7) is 7.30. The number of hydrogen-bond acceptors (Lipinski definition) is 5. The fourth-order valence-electron chi connectivity index (χ4n) is 2.95. The summed E-state index contributed by atoms with van der Waals surface area (Å²) in [4.78, 5) is 36.9. The number of nitrogens with zero attached hydrogens (tertiary/aromatic N) is 2. The van der Waals surface area contributed by atoms with E-state index in [0.29, 0.717) is 23.4 Å². The fraction of sp³-hybridized carbons (Fsp3) is 0.421. The first-order chi connectivity index (χ1) is 12.2. The third-order valence-corrected chi connectivity index (χ3v) is 4.50. The molecule has 0 aliphatic rings. The summed E-state index contributed by atoms with van der Waals surface area (Å²) in [6, 6.07) is 6.04. The molecule has 1 aromatic carbocycles. The number of nitrogens with two attached hydrogens (primary N) is 1. The van der Waals surface area contributed by atoms with Gasteiger partial charge in [-0.25, -0.2) is 9.36 Å². The molecule has 2 aromatic rings. The lowest BCUT2D eigenvalue weighted by molar-refractivity contribution is -0.142. The van der Waals surface area contributed by atoms with Crippen LogP contribution in [0.4, 0.5) is 0 Å². The molecule has 1 unspecified atom stereocenters. The Kier molecular flexibility index (Phi) is 5.82. The van der Waals surface area contributed by atoms with E-state index in [0.717, 1.165) is 5.56 Å². The van der Waals surface area contributed by atoms with Gasteiger partial charge in [-0.2, -0.15) is 0 Å². The Morgan fingerprint density at radius 1 is 1.15 bits per heavy atom. The lowest BCUT2D eigenvalue weighted by Crippen LogP contribution is -2.42. The zero-order valence-electron chi connectivity index (χ0n) is 15.8. The van der Waals surface area contributed by atoms with Gasteiger partial charge in [-0.1, -0.05) is 12.1 Å². The van der Waals surface area contributed by atoms with Crippen LogP contribution in [0.15, 0.2) is 33.9 Å². The van der Waals surface area contributed by atoms with Crippen LogP contribution in [-0.2, 0) is 16.0 Å². The van der Waals surface area contributed by atoms with Crippen LogP contribution in [0.25, 0.3) is 5.69 Å². The van der Waals surface area contributed by atoms with Crippen molar-refractivity contribution in [3.8, 4) is 5.69 Å². The number of benzene rings is 1.